The van der Waals surface area contributed by atoms with Crippen molar-refractivity contribution in [2.24, 2.45) is 0 Å². The first kappa shape index (κ1) is 11.7. The van der Waals surface area contributed by atoms with Crippen LogP contribution in [0.2, 0.25) is 0 Å². The van der Waals surface area contributed by atoms with E-state index in [0.717, 1.165) is 5.56 Å². The molecule has 5 nitrogen and oxygen atoms in total. The predicted octanol–water partition coefficient (Wildman–Crippen LogP) is 1.97. The second-order valence-electron chi connectivity index (χ2n) is 3.58. The topological polar surface area (TPSA) is 67.0 Å². The molecule has 0 spiro atoms. The quantitative estimate of drug-likeness (QED) is 0.873. The van der Waals surface area contributed by atoms with Gasteiger partial charge in [-0.1, -0.05) is 0 Å². The van der Waals surface area contributed by atoms with Gasteiger partial charge in [0.25, 0.3) is 5.91 Å². The summed E-state index contributed by atoms with van der Waals surface area (Å²) in [6.07, 6.45) is 3.46. The number of thiophene rings is 1. The Bertz CT molecular complexity index is 493. The minimum absolute atomic E-state index is 0.0747. The van der Waals surface area contributed by atoms with Crippen molar-refractivity contribution >= 4 is 17.2 Å². The Hall–Kier alpha value is -1.82. The van der Waals surface area contributed by atoms with Gasteiger partial charge >= 0.3 is 0 Å². The number of hydrogen-bond donors (Lipinski definition) is 2. The number of aromatic nitrogens is 2. The van der Waals surface area contributed by atoms with Crippen LogP contribution in [0.5, 0.6) is 5.75 Å². The van der Waals surface area contributed by atoms with E-state index in [4.69, 9.17) is 4.74 Å². The van der Waals surface area contributed by atoms with Gasteiger partial charge in [0.05, 0.1) is 24.2 Å². The molecule has 2 heterocycles. The molecule has 0 fully saturated rings. The number of ether oxygens (including phenoxy) is 1. The third kappa shape index (κ3) is 2.65. The Kier molecular flexibility index (Phi) is 3.43. The fourth-order valence-electron chi connectivity index (χ4n) is 1.39. The molecule has 0 aromatic carbocycles. The van der Waals surface area contributed by atoms with Gasteiger partial charge in [0.2, 0.25) is 0 Å². The summed E-state index contributed by atoms with van der Waals surface area (Å²) < 4.78 is 5.04. The van der Waals surface area contributed by atoms with Crippen LogP contribution in [0.15, 0.2) is 23.8 Å². The van der Waals surface area contributed by atoms with Gasteiger partial charge in [-0.05, 0) is 6.92 Å². The summed E-state index contributed by atoms with van der Waals surface area (Å²) in [5.74, 6) is 0.600. The smallest absolute Gasteiger partial charge is 0.261 e. The standard InChI is InChI=1S/C11H13N3O2S/c1-7(8-4-12-13-5-8)14-11(15)10-3-9(16-2)6-17-10/h3-7H,1-2H3,(H,12,13)(H,14,15). The lowest BCUT2D eigenvalue weighted by atomic mass is 10.2. The van der Waals surface area contributed by atoms with Crippen molar-refractivity contribution in [1.29, 1.82) is 0 Å². The van der Waals surface area contributed by atoms with Crippen LogP contribution in [0.3, 0.4) is 0 Å². The van der Waals surface area contributed by atoms with E-state index in [2.05, 4.69) is 15.5 Å². The average molecular weight is 251 g/mol. The molecule has 2 rings (SSSR count). The first-order valence-electron chi connectivity index (χ1n) is 5.12. The highest BCUT2D eigenvalue weighted by atomic mass is 32.1. The number of carbonyl (C=O) groups is 1. The van der Waals surface area contributed by atoms with E-state index in [1.807, 2.05) is 6.92 Å². The van der Waals surface area contributed by atoms with Gasteiger partial charge < -0.3 is 10.1 Å². The van der Waals surface area contributed by atoms with Crippen LogP contribution in [0, 0.1) is 0 Å². The molecular weight excluding hydrogens is 238 g/mol. The van der Waals surface area contributed by atoms with Crippen molar-refractivity contribution in [3.8, 4) is 5.75 Å². The monoisotopic (exact) mass is 251 g/mol. The molecule has 90 valence electrons. The number of carbonyl (C=O) groups excluding carboxylic acids is 1. The van der Waals surface area contributed by atoms with E-state index in [0.29, 0.717) is 10.6 Å². The van der Waals surface area contributed by atoms with Gasteiger partial charge in [0, 0.05) is 23.2 Å². The van der Waals surface area contributed by atoms with Gasteiger partial charge in [-0.3, -0.25) is 9.89 Å². The zero-order chi connectivity index (χ0) is 12.3. The maximum atomic E-state index is 11.9. The third-order valence-electron chi connectivity index (χ3n) is 2.40. The van der Waals surface area contributed by atoms with Gasteiger partial charge in [0.15, 0.2) is 0 Å². The summed E-state index contributed by atoms with van der Waals surface area (Å²) in [4.78, 5) is 12.5. The predicted molar refractivity (Wildman–Crippen MR) is 65.3 cm³/mol. The molecule has 0 aliphatic heterocycles. The fourth-order valence-corrected chi connectivity index (χ4v) is 2.15. The highest BCUT2D eigenvalue weighted by Gasteiger charge is 2.14. The molecule has 2 N–H and O–H groups in total. The number of nitrogens with zero attached hydrogens (tertiary/aromatic N) is 1. The number of hydrogen-bond acceptors (Lipinski definition) is 4. The second kappa shape index (κ2) is 5.01. The molecule has 1 amide bonds. The average Bonchev–Trinajstić information content (AvgIpc) is 3.00. The molecule has 6 heteroatoms. The van der Waals surface area contributed by atoms with E-state index in [1.54, 1.807) is 30.9 Å². The number of H-pyrrole nitrogens is 1. The summed E-state index contributed by atoms with van der Waals surface area (Å²) in [5.41, 5.74) is 0.946. The molecule has 0 saturated carbocycles. The molecule has 0 bridgehead atoms. The van der Waals surface area contributed by atoms with Gasteiger partial charge in [-0.25, -0.2) is 0 Å². The number of methoxy groups -OCH3 is 1. The fraction of sp³-hybridized carbons (Fsp3) is 0.273. The van der Waals surface area contributed by atoms with E-state index < -0.39 is 0 Å². The molecule has 0 saturated heterocycles. The van der Waals surface area contributed by atoms with Crippen molar-refractivity contribution in [2.75, 3.05) is 7.11 Å². The van der Waals surface area contributed by atoms with Crippen LogP contribution >= 0.6 is 11.3 Å². The first-order chi connectivity index (χ1) is 8.20. The van der Waals surface area contributed by atoms with Gasteiger partial charge in [-0.2, -0.15) is 5.10 Å². The Morgan fingerprint density at radius 2 is 2.47 bits per heavy atom. The Morgan fingerprint density at radius 1 is 1.65 bits per heavy atom. The number of rotatable bonds is 4. The zero-order valence-electron chi connectivity index (χ0n) is 9.56. The maximum Gasteiger partial charge on any atom is 0.261 e. The van der Waals surface area contributed by atoms with E-state index >= 15 is 0 Å². The van der Waals surface area contributed by atoms with Crippen LogP contribution in [0.25, 0.3) is 0 Å². The van der Waals surface area contributed by atoms with Crippen LogP contribution in [0.4, 0.5) is 0 Å². The summed E-state index contributed by atoms with van der Waals surface area (Å²) >= 11 is 1.36. The Balaban J connectivity index is 2.01. The zero-order valence-corrected chi connectivity index (χ0v) is 10.4. The van der Waals surface area contributed by atoms with Crippen LogP contribution in [0.1, 0.15) is 28.2 Å². The number of amides is 1. The Labute approximate surface area is 103 Å². The van der Waals surface area contributed by atoms with Crippen LogP contribution in [-0.2, 0) is 0 Å². The lowest BCUT2D eigenvalue weighted by Crippen LogP contribution is -2.25. The van der Waals surface area contributed by atoms with Gasteiger partial charge in [-0.15, -0.1) is 11.3 Å². The van der Waals surface area contributed by atoms with Crippen molar-refractivity contribution in [1.82, 2.24) is 15.5 Å². The summed E-state index contributed by atoms with van der Waals surface area (Å²) in [7, 11) is 1.58. The molecule has 2 aromatic heterocycles. The van der Waals surface area contributed by atoms with Crippen molar-refractivity contribution < 1.29 is 9.53 Å². The molecular formula is C11H13N3O2S. The molecule has 0 radical (unpaired) electrons. The van der Waals surface area contributed by atoms with E-state index in [9.17, 15) is 4.79 Å². The Morgan fingerprint density at radius 3 is 3.06 bits per heavy atom. The highest BCUT2D eigenvalue weighted by Crippen LogP contribution is 2.21. The molecule has 1 atom stereocenters. The minimum atomic E-state index is -0.105. The molecule has 0 aliphatic rings. The lowest BCUT2D eigenvalue weighted by molar-refractivity contribution is 0.0944. The summed E-state index contributed by atoms with van der Waals surface area (Å²) in [5, 5.41) is 11.3. The third-order valence-corrected chi connectivity index (χ3v) is 3.31. The molecule has 1 unspecified atom stereocenters. The van der Waals surface area contributed by atoms with Crippen molar-refractivity contribution in [3.05, 3.63) is 34.3 Å². The highest BCUT2D eigenvalue weighted by molar-refractivity contribution is 7.12. The maximum absolute atomic E-state index is 11.9. The van der Waals surface area contributed by atoms with Crippen LogP contribution < -0.4 is 10.1 Å². The number of aromatic amines is 1. The van der Waals surface area contributed by atoms with Crippen molar-refractivity contribution in [3.63, 3.8) is 0 Å². The molecule has 17 heavy (non-hydrogen) atoms. The summed E-state index contributed by atoms with van der Waals surface area (Å²) in [6.45, 7) is 1.91. The normalized spacial score (nSPS) is 12.1. The van der Waals surface area contributed by atoms with Crippen molar-refractivity contribution in [2.45, 2.75) is 13.0 Å². The molecule has 0 aliphatic carbocycles. The first-order valence-corrected chi connectivity index (χ1v) is 6.00. The SMILES string of the molecule is COc1csc(C(=O)NC(C)c2cn[nH]c2)c1. The van der Waals surface area contributed by atoms with E-state index in [-0.39, 0.29) is 11.9 Å². The van der Waals surface area contributed by atoms with Crippen LogP contribution in [-0.4, -0.2) is 23.2 Å². The largest absolute Gasteiger partial charge is 0.496 e. The lowest BCUT2D eigenvalue weighted by Gasteiger charge is -2.10. The van der Waals surface area contributed by atoms with Gasteiger partial charge in [0.1, 0.15) is 5.75 Å². The second-order valence-corrected chi connectivity index (χ2v) is 4.49. The van der Waals surface area contributed by atoms with E-state index in [1.165, 1.54) is 11.3 Å². The summed E-state index contributed by atoms with van der Waals surface area (Å²) in [6, 6.07) is 1.65. The number of nitrogens with one attached hydrogen (secondary N) is 2. The minimum Gasteiger partial charge on any atom is -0.496 e. The molecule has 2 aromatic rings.